The third-order valence-electron chi connectivity index (χ3n) is 3.80. The number of methoxy groups -OCH3 is 1. The quantitative estimate of drug-likeness (QED) is 0.703. The number of rotatable bonds is 2. The van der Waals surface area contributed by atoms with Gasteiger partial charge in [-0.2, -0.15) is 17.7 Å². The third kappa shape index (κ3) is 3.42. The molecular formula is C17H15BrF3NO. The first-order valence-corrected chi connectivity index (χ1v) is 6.94. The number of para-hydroxylation sites is 1. The number of ether oxygens (including phenoxy) is 1. The van der Waals surface area contributed by atoms with E-state index in [1.165, 1.54) is 12.1 Å². The number of halogens is 4. The van der Waals surface area contributed by atoms with Gasteiger partial charge in [-0.05, 0) is 17.7 Å². The van der Waals surface area contributed by atoms with Gasteiger partial charge >= 0.3 is 6.18 Å². The van der Waals surface area contributed by atoms with Crippen LogP contribution in [0.1, 0.15) is 16.7 Å². The molecule has 0 saturated heterocycles. The molecule has 0 unspecified atom stereocenters. The van der Waals surface area contributed by atoms with Gasteiger partial charge in [-0.3, -0.25) is 0 Å². The molecule has 0 aliphatic carbocycles. The summed E-state index contributed by atoms with van der Waals surface area (Å²) in [5.41, 5.74) is 1.48. The molecule has 0 atom stereocenters. The molecule has 1 heterocycles. The van der Waals surface area contributed by atoms with Gasteiger partial charge in [-0.15, -0.1) is 0 Å². The number of hydrogen-bond acceptors (Lipinski definition) is 1. The molecule has 1 aliphatic rings. The second-order valence-electron chi connectivity index (χ2n) is 5.12. The molecule has 0 fully saturated rings. The molecule has 0 spiro atoms. The highest BCUT2D eigenvalue weighted by molar-refractivity contribution is 5.84. The Morgan fingerprint density at radius 2 is 1.78 bits per heavy atom. The summed E-state index contributed by atoms with van der Waals surface area (Å²) in [5, 5.41) is 0. The lowest BCUT2D eigenvalue weighted by Crippen LogP contribution is -3.00. The van der Waals surface area contributed by atoms with Crippen LogP contribution in [0.2, 0.25) is 0 Å². The summed E-state index contributed by atoms with van der Waals surface area (Å²) in [6.45, 7) is 0.507. The molecule has 6 heteroatoms. The summed E-state index contributed by atoms with van der Waals surface area (Å²) >= 11 is 0. The van der Waals surface area contributed by atoms with Crippen LogP contribution in [-0.2, 0) is 12.6 Å². The van der Waals surface area contributed by atoms with Crippen LogP contribution in [0.3, 0.4) is 0 Å². The van der Waals surface area contributed by atoms with E-state index in [1.807, 2.05) is 18.2 Å². The average Bonchev–Trinajstić information content (AvgIpc) is 2.53. The van der Waals surface area contributed by atoms with E-state index < -0.39 is 11.7 Å². The van der Waals surface area contributed by atoms with Crippen LogP contribution >= 0.6 is 0 Å². The molecule has 0 aromatic heterocycles. The van der Waals surface area contributed by atoms with Crippen molar-refractivity contribution in [2.45, 2.75) is 12.6 Å². The van der Waals surface area contributed by atoms with Crippen molar-refractivity contribution in [3.05, 3.63) is 59.2 Å². The van der Waals surface area contributed by atoms with Crippen LogP contribution in [0.4, 0.5) is 18.9 Å². The Morgan fingerprint density at radius 1 is 1.04 bits per heavy atom. The maximum Gasteiger partial charge on any atom is 0.422 e. The minimum atomic E-state index is -4.37. The van der Waals surface area contributed by atoms with Gasteiger partial charge in [-0.1, -0.05) is 24.3 Å². The van der Waals surface area contributed by atoms with Gasteiger partial charge in [-0.25, -0.2) is 0 Å². The van der Waals surface area contributed by atoms with Crippen molar-refractivity contribution in [1.29, 1.82) is 0 Å². The highest BCUT2D eigenvalue weighted by Crippen LogP contribution is 2.36. The lowest BCUT2D eigenvalue weighted by atomic mass is 10.0. The second-order valence-corrected chi connectivity index (χ2v) is 5.12. The predicted octanol–water partition coefficient (Wildman–Crippen LogP) is 1.04. The Labute approximate surface area is 143 Å². The first kappa shape index (κ1) is 17.5. The Morgan fingerprint density at radius 3 is 2.48 bits per heavy atom. The molecule has 2 aromatic carbocycles. The summed E-state index contributed by atoms with van der Waals surface area (Å²) in [4.78, 5) is 0. The summed E-state index contributed by atoms with van der Waals surface area (Å²) in [6, 6.07) is 11.3. The van der Waals surface area contributed by atoms with Gasteiger partial charge in [0, 0.05) is 12.5 Å². The number of alkyl halides is 3. The first-order valence-electron chi connectivity index (χ1n) is 6.94. The van der Waals surface area contributed by atoms with E-state index in [9.17, 15) is 13.2 Å². The largest absolute Gasteiger partial charge is 1.00 e. The normalized spacial score (nSPS) is 13.7. The highest BCUT2D eigenvalue weighted by Gasteiger charge is 2.37. The Hall–Kier alpha value is -1.82. The smallest absolute Gasteiger partial charge is 0.422 e. The molecule has 2 nitrogen and oxygen atoms in total. The van der Waals surface area contributed by atoms with E-state index in [-0.39, 0.29) is 22.7 Å². The zero-order valence-corrected chi connectivity index (χ0v) is 14.0. The molecule has 0 amide bonds. The van der Waals surface area contributed by atoms with Crippen LogP contribution in [0.15, 0.2) is 42.5 Å². The molecule has 0 bridgehead atoms. The minimum Gasteiger partial charge on any atom is -1.00 e. The molecule has 1 aliphatic heterocycles. The van der Waals surface area contributed by atoms with E-state index in [0.29, 0.717) is 18.7 Å². The number of benzene rings is 2. The molecule has 0 saturated carbocycles. The predicted molar refractivity (Wildman–Crippen MR) is 78.1 cm³/mol. The molecular weight excluding hydrogens is 371 g/mol. The molecule has 0 N–H and O–H groups in total. The van der Waals surface area contributed by atoms with Crippen molar-refractivity contribution in [2.75, 3.05) is 13.7 Å². The SMILES string of the molecule is COc1cccc2c1C=[N+](c1ccccc1C(F)(F)F)CC2.[Br-]. The highest BCUT2D eigenvalue weighted by atomic mass is 79.9. The fraction of sp³-hybridized carbons (Fsp3) is 0.235. The van der Waals surface area contributed by atoms with Crippen LogP contribution in [0, 0.1) is 0 Å². The summed E-state index contributed by atoms with van der Waals surface area (Å²) in [7, 11) is 1.56. The van der Waals surface area contributed by atoms with E-state index in [4.69, 9.17) is 4.74 Å². The molecule has 3 rings (SSSR count). The van der Waals surface area contributed by atoms with Gasteiger partial charge in [0.25, 0.3) is 0 Å². The Bertz CT molecular complexity index is 741. The maximum atomic E-state index is 13.2. The zero-order chi connectivity index (χ0) is 15.7. The fourth-order valence-corrected chi connectivity index (χ4v) is 2.75. The topological polar surface area (TPSA) is 12.2 Å². The maximum absolute atomic E-state index is 13.2. The monoisotopic (exact) mass is 385 g/mol. The molecule has 0 radical (unpaired) electrons. The van der Waals surface area contributed by atoms with Crippen LogP contribution in [-0.4, -0.2) is 24.4 Å². The lowest BCUT2D eigenvalue weighted by Gasteiger charge is -2.16. The first-order chi connectivity index (χ1) is 10.5. The Kier molecular flexibility index (Phi) is 5.14. The van der Waals surface area contributed by atoms with Crippen LogP contribution in [0.25, 0.3) is 0 Å². The van der Waals surface area contributed by atoms with E-state index in [0.717, 1.165) is 17.2 Å². The van der Waals surface area contributed by atoms with E-state index >= 15 is 0 Å². The number of fused-ring (bicyclic) bond motifs is 1. The van der Waals surface area contributed by atoms with Gasteiger partial charge in [0.15, 0.2) is 12.8 Å². The molecule has 122 valence electrons. The van der Waals surface area contributed by atoms with Crippen molar-refractivity contribution in [3.63, 3.8) is 0 Å². The van der Waals surface area contributed by atoms with Crippen molar-refractivity contribution < 1.29 is 39.5 Å². The third-order valence-corrected chi connectivity index (χ3v) is 3.80. The molecule has 2 aromatic rings. The number of hydrogen-bond donors (Lipinski definition) is 0. The van der Waals surface area contributed by atoms with Crippen molar-refractivity contribution >= 4 is 11.9 Å². The Balaban J connectivity index is 0.00000192. The van der Waals surface area contributed by atoms with Crippen molar-refractivity contribution in [3.8, 4) is 5.75 Å². The standard InChI is InChI=1S/C17H15F3NO.BrH/c1-22-16-8-4-5-12-9-10-21(11-13(12)16)15-7-3-2-6-14(15)17(18,19)20;/h2-8,11H,9-10H2,1H3;1H/q+1;/p-1. The van der Waals surface area contributed by atoms with Crippen LogP contribution in [0.5, 0.6) is 5.75 Å². The summed E-state index contributed by atoms with van der Waals surface area (Å²) < 4.78 is 46.5. The summed E-state index contributed by atoms with van der Waals surface area (Å²) in [5.74, 6) is 0.673. The zero-order valence-electron chi connectivity index (χ0n) is 12.4. The van der Waals surface area contributed by atoms with Gasteiger partial charge < -0.3 is 21.7 Å². The second kappa shape index (κ2) is 6.74. The molecule has 23 heavy (non-hydrogen) atoms. The van der Waals surface area contributed by atoms with Gasteiger partial charge in [0.1, 0.15) is 11.3 Å². The van der Waals surface area contributed by atoms with Gasteiger partial charge in [0.2, 0.25) is 5.69 Å². The van der Waals surface area contributed by atoms with E-state index in [1.54, 1.807) is 24.0 Å². The van der Waals surface area contributed by atoms with Gasteiger partial charge in [0.05, 0.1) is 12.7 Å². The lowest BCUT2D eigenvalue weighted by molar-refractivity contribution is -0.438. The van der Waals surface area contributed by atoms with Crippen molar-refractivity contribution in [1.82, 2.24) is 0 Å². The summed E-state index contributed by atoms with van der Waals surface area (Å²) in [6.07, 6.45) is -1.96. The van der Waals surface area contributed by atoms with E-state index in [2.05, 4.69) is 0 Å². The number of nitrogens with zero attached hydrogens (tertiary/aromatic N) is 1. The minimum absolute atomic E-state index is 0. The average molecular weight is 386 g/mol. The fourth-order valence-electron chi connectivity index (χ4n) is 2.75. The van der Waals surface area contributed by atoms with Crippen molar-refractivity contribution in [2.24, 2.45) is 0 Å². The van der Waals surface area contributed by atoms with Crippen LogP contribution < -0.4 is 21.7 Å².